The fourth-order valence-electron chi connectivity index (χ4n) is 2.70. The summed E-state index contributed by atoms with van der Waals surface area (Å²) in [5.74, 6) is -4.84. The number of carboxylic acid groups (broad SMARTS) is 2. The van der Waals surface area contributed by atoms with Crippen molar-refractivity contribution in [3.63, 3.8) is 0 Å². The van der Waals surface area contributed by atoms with Gasteiger partial charge in [0, 0.05) is 37.2 Å². The molecule has 0 saturated carbocycles. The molecule has 8 heteroatoms. The van der Waals surface area contributed by atoms with Crippen LogP contribution in [-0.4, -0.2) is 40.2 Å². The Hall–Kier alpha value is -3.39. The molecule has 2 aromatic carbocycles. The number of nitrogens with one attached hydrogen (secondary N) is 1. The summed E-state index contributed by atoms with van der Waals surface area (Å²) in [5, 5.41) is 35.0. The summed E-state index contributed by atoms with van der Waals surface area (Å²) in [5.41, 5.74) is -2.63. The number of carbonyl (C=O) groups excluding carboxylic acids is 3. The van der Waals surface area contributed by atoms with Crippen LogP contribution in [0.25, 0.3) is 21.5 Å². The lowest BCUT2D eigenvalue weighted by Crippen LogP contribution is -2.49. The zero-order valence-electron chi connectivity index (χ0n) is 15.1. The topological polar surface area (TPSA) is 143 Å². The first-order chi connectivity index (χ1) is 13.2. The summed E-state index contributed by atoms with van der Waals surface area (Å²) in [6.45, 7) is 1.32. The predicted molar refractivity (Wildman–Crippen MR) is 96.6 cm³/mol. The minimum atomic E-state index is -2.63. The van der Waals surface area contributed by atoms with E-state index in [1.54, 1.807) is 0 Å². The number of ether oxygens (including phenoxy) is 1. The van der Waals surface area contributed by atoms with Crippen LogP contribution in [0.2, 0.25) is 0 Å². The summed E-state index contributed by atoms with van der Waals surface area (Å²) in [6.07, 6.45) is 1.75. The maximum absolute atomic E-state index is 11.1. The summed E-state index contributed by atoms with van der Waals surface area (Å²) < 4.78 is 4.34. The van der Waals surface area contributed by atoms with Gasteiger partial charge in [0.25, 0.3) is 0 Å². The SMILES string of the molecule is CCOC(=O)C(O)(CC(=O)[O-])CC(=O)[O-].c1ccc2cc3c[nH]cc3cc2c1. The number of hydrogen-bond donors (Lipinski definition) is 2. The maximum atomic E-state index is 11.1. The van der Waals surface area contributed by atoms with Gasteiger partial charge < -0.3 is 34.6 Å². The highest BCUT2D eigenvalue weighted by molar-refractivity contribution is 5.97. The molecule has 0 fully saturated rings. The molecular weight excluding hydrogens is 366 g/mol. The lowest BCUT2D eigenvalue weighted by molar-refractivity contribution is -0.314. The second kappa shape index (κ2) is 9.01. The van der Waals surface area contributed by atoms with E-state index in [0.29, 0.717) is 0 Å². The van der Waals surface area contributed by atoms with Crippen LogP contribution in [0.5, 0.6) is 0 Å². The zero-order valence-corrected chi connectivity index (χ0v) is 15.1. The van der Waals surface area contributed by atoms with Gasteiger partial charge in [-0.1, -0.05) is 24.3 Å². The fourth-order valence-corrected chi connectivity index (χ4v) is 2.70. The molecule has 28 heavy (non-hydrogen) atoms. The molecule has 3 aromatic rings. The van der Waals surface area contributed by atoms with E-state index in [2.05, 4.69) is 46.1 Å². The summed E-state index contributed by atoms with van der Waals surface area (Å²) in [7, 11) is 0. The van der Waals surface area contributed by atoms with Gasteiger partial charge in [-0.2, -0.15) is 0 Å². The van der Waals surface area contributed by atoms with Gasteiger partial charge >= 0.3 is 5.97 Å². The lowest BCUT2D eigenvalue weighted by Gasteiger charge is -2.26. The highest BCUT2D eigenvalue weighted by atomic mass is 16.5. The van der Waals surface area contributed by atoms with E-state index in [-0.39, 0.29) is 6.61 Å². The molecule has 0 saturated heterocycles. The van der Waals surface area contributed by atoms with Gasteiger partial charge in [0.05, 0.1) is 6.61 Å². The predicted octanol–water partition coefficient (Wildman–Crippen LogP) is -0.118. The maximum Gasteiger partial charge on any atom is 0.338 e. The van der Waals surface area contributed by atoms with E-state index in [9.17, 15) is 29.7 Å². The van der Waals surface area contributed by atoms with Gasteiger partial charge in [-0.15, -0.1) is 0 Å². The number of aliphatic carboxylic acids is 2. The molecular formula is C20H19NO7-2. The van der Waals surface area contributed by atoms with E-state index < -0.39 is 36.4 Å². The first-order valence-corrected chi connectivity index (χ1v) is 8.50. The molecule has 2 N–H and O–H groups in total. The van der Waals surface area contributed by atoms with Crippen molar-refractivity contribution in [1.29, 1.82) is 0 Å². The second-order valence-corrected chi connectivity index (χ2v) is 6.13. The second-order valence-electron chi connectivity index (χ2n) is 6.13. The van der Waals surface area contributed by atoms with Crippen LogP contribution in [0.3, 0.4) is 0 Å². The van der Waals surface area contributed by atoms with Gasteiger partial charge in [-0.3, -0.25) is 0 Å². The Morgan fingerprint density at radius 2 is 1.43 bits per heavy atom. The van der Waals surface area contributed by atoms with Gasteiger partial charge in [0.2, 0.25) is 0 Å². The highest BCUT2D eigenvalue weighted by Gasteiger charge is 2.37. The number of carbonyl (C=O) groups is 3. The lowest BCUT2D eigenvalue weighted by atomic mass is 9.96. The van der Waals surface area contributed by atoms with Crippen molar-refractivity contribution in [2.75, 3.05) is 6.61 Å². The van der Waals surface area contributed by atoms with Crippen molar-refractivity contribution in [2.45, 2.75) is 25.4 Å². The normalized spacial score (nSPS) is 10.9. The molecule has 0 atom stereocenters. The Bertz CT molecular complexity index is 927. The van der Waals surface area contributed by atoms with Gasteiger partial charge in [0.15, 0.2) is 5.60 Å². The van der Waals surface area contributed by atoms with Crippen molar-refractivity contribution in [2.24, 2.45) is 0 Å². The number of aromatic amines is 1. The Kier molecular flexibility index (Phi) is 6.73. The van der Waals surface area contributed by atoms with Gasteiger partial charge in [-0.05, 0) is 40.6 Å². The molecule has 0 radical (unpaired) electrons. The van der Waals surface area contributed by atoms with E-state index >= 15 is 0 Å². The van der Waals surface area contributed by atoms with Gasteiger partial charge in [-0.25, -0.2) is 4.79 Å². The third-order valence-corrected chi connectivity index (χ3v) is 3.96. The number of H-pyrrole nitrogens is 1. The Balaban J connectivity index is 0.000000201. The molecule has 1 heterocycles. The van der Waals surface area contributed by atoms with E-state index in [0.717, 1.165) is 0 Å². The molecule has 1 aromatic heterocycles. The quantitative estimate of drug-likeness (QED) is 0.563. The Morgan fingerprint density at radius 1 is 0.964 bits per heavy atom. The molecule has 0 aliphatic heterocycles. The van der Waals surface area contributed by atoms with Gasteiger partial charge in [0.1, 0.15) is 0 Å². The first kappa shape index (κ1) is 20.9. The van der Waals surface area contributed by atoms with E-state index in [4.69, 9.17) is 0 Å². The molecule has 0 bridgehead atoms. The van der Waals surface area contributed by atoms with E-state index in [1.807, 2.05) is 12.4 Å². The standard InChI is InChI=1S/C12H9N.C8H12O7/c1-2-4-10-6-12-8-13-7-11(12)5-9(10)3-1;1-2-15-7(13)8(14,3-5(9)10)4-6(11)12/h1-8,13H;14H,2-4H2,1H3,(H,9,10)(H,11,12)/p-2. The van der Waals surface area contributed by atoms with Crippen molar-refractivity contribution >= 4 is 39.5 Å². The number of fused-ring (bicyclic) bond motifs is 2. The van der Waals surface area contributed by atoms with Crippen LogP contribution in [0, 0.1) is 0 Å². The largest absolute Gasteiger partial charge is 0.550 e. The first-order valence-electron chi connectivity index (χ1n) is 8.50. The van der Waals surface area contributed by atoms with Crippen LogP contribution in [-0.2, 0) is 19.1 Å². The number of aliphatic hydroxyl groups is 1. The number of esters is 1. The molecule has 0 unspecified atom stereocenters. The molecule has 3 rings (SSSR count). The highest BCUT2D eigenvalue weighted by Crippen LogP contribution is 2.21. The molecule has 0 spiro atoms. The van der Waals surface area contributed by atoms with Crippen molar-refractivity contribution in [3.05, 3.63) is 48.8 Å². The van der Waals surface area contributed by atoms with Crippen LogP contribution in [0.4, 0.5) is 0 Å². The van der Waals surface area contributed by atoms with Crippen molar-refractivity contribution < 1.29 is 34.4 Å². The number of benzene rings is 2. The average Bonchev–Trinajstić information content (AvgIpc) is 3.06. The number of hydrogen-bond acceptors (Lipinski definition) is 7. The summed E-state index contributed by atoms with van der Waals surface area (Å²) in [6, 6.07) is 12.8. The summed E-state index contributed by atoms with van der Waals surface area (Å²) in [4.78, 5) is 34.6. The Morgan fingerprint density at radius 3 is 1.82 bits per heavy atom. The van der Waals surface area contributed by atoms with Crippen LogP contribution < -0.4 is 10.2 Å². The van der Waals surface area contributed by atoms with Crippen LogP contribution in [0.15, 0.2) is 48.8 Å². The number of aromatic nitrogens is 1. The molecule has 148 valence electrons. The average molecular weight is 385 g/mol. The smallest absolute Gasteiger partial charge is 0.338 e. The molecule has 0 aliphatic carbocycles. The monoisotopic (exact) mass is 385 g/mol. The number of rotatable bonds is 6. The Labute approximate surface area is 160 Å². The molecule has 0 aliphatic rings. The van der Waals surface area contributed by atoms with Crippen molar-refractivity contribution in [3.8, 4) is 0 Å². The summed E-state index contributed by atoms with van der Waals surface area (Å²) >= 11 is 0. The third-order valence-electron chi connectivity index (χ3n) is 3.96. The fraction of sp³-hybridized carbons (Fsp3) is 0.250. The van der Waals surface area contributed by atoms with Crippen LogP contribution >= 0.6 is 0 Å². The number of carboxylic acids is 2. The minimum Gasteiger partial charge on any atom is -0.550 e. The van der Waals surface area contributed by atoms with Crippen molar-refractivity contribution in [1.82, 2.24) is 4.98 Å². The molecule has 8 nitrogen and oxygen atoms in total. The van der Waals surface area contributed by atoms with Crippen LogP contribution in [0.1, 0.15) is 19.8 Å². The third kappa shape index (κ3) is 5.31. The molecule has 0 amide bonds. The van der Waals surface area contributed by atoms with E-state index in [1.165, 1.54) is 28.5 Å². The zero-order chi connectivity index (χ0) is 20.7. The minimum absolute atomic E-state index is 0.110.